The number of amides is 1. The number of carbonyl (C=O) groups excluding carboxylic acids is 1. The van der Waals surface area contributed by atoms with Crippen LogP contribution in [0.5, 0.6) is 11.5 Å². The van der Waals surface area contributed by atoms with Crippen molar-refractivity contribution in [3.63, 3.8) is 0 Å². The van der Waals surface area contributed by atoms with Crippen molar-refractivity contribution in [2.24, 2.45) is 0 Å². The summed E-state index contributed by atoms with van der Waals surface area (Å²) in [5, 5.41) is 6.45. The first-order valence-electron chi connectivity index (χ1n) is 8.74. The fourth-order valence-corrected chi connectivity index (χ4v) is 3.22. The van der Waals surface area contributed by atoms with Crippen molar-refractivity contribution in [2.45, 2.75) is 51.0 Å². The van der Waals surface area contributed by atoms with E-state index in [2.05, 4.69) is 10.6 Å². The topological polar surface area (TPSA) is 59.6 Å². The maximum Gasteiger partial charge on any atom is 0.225 e. The van der Waals surface area contributed by atoms with Gasteiger partial charge in [0.2, 0.25) is 5.91 Å². The molecule has 126 valence electrons. The monoisotopic (exact) mass is 318 g/mol. The molecule has 2 aliphatic rings. The van der Waals surface area contributed by atoms with Crippen LogP contribution in [0.2, 0.25) is 0 Å². The van der Waals surface area contributed by atoms with Crippen molar-refractivity contribution in [1.82, 2.24) is 5.32 Å². The van der Waals surface area contributed by atoms with Gasteiger partial charge in [-0.2, -0.15) is 0 Å². The molecular formula is C18H26N2O3. The number of anilines is 1. The van der Waals surface area contributed by atoms with Gasteiger partial charge in [-0.25, -0.2) is 0 Å². The fraction of sp³-hybridized carbons (Fsp3) is 0.611. The van der Waals surface area contributed by atoms with Gasteiger partial charge in [-0.3, -0.25) is 4.79 Å². The van der Waals surface area contributed by atoms with Gasteiger partial charge >= 0.3 is 0 Å². The molecule has 1 aromatic rings. The number of fused-ring (bicyclic) bond motifs is 1. The molecule has 0 aromatic heterocycles. The van der Waals surface area contributed by atoms with Crippen molar-refractivity contribution in [3.8, 4) is 11.5 Å². The lowest BCUT2D eigenvalue weighted by Crippen LogP contribution is -2.31. The summed E-state index contributed by atoms with van der Waals surface area (Å²) in [6.07, 6.45) is 8.28. The minimum Gasteiger partial charge on any atom is -0.486 e. The molecule has 1 aliphatic heterocycles. The van der Waals surface area contributed by atoms with Crippen LogP contribution in [0.25, 0.3) is 0 Å². The zero-order valence-electron chi connectivity index (χ0n) is 13.6. The molecule has 1 fully saturated rings. The zero-order valence-corrected chi connectivity index (χ0v) is 13.6. The van der Waals surface area contributed by atoms with Crippen LogP contribution in [-0.4, -0.2) is 31.7 Å². The Labute approximate surface area is 137 Å². The molecule has 0 radical (unpaired) electrons. The van der Waals surface area contributed by atoms with Crippen LogP contribution in [-0.2, 0) is 4.79 Å². The first-order chi connectivity index (χ1) is 11.3. The highest BCUT2D eigenvalue weighted by molar-refractivity contribution is 5.91. The minimum absolute atomic E-state index is 0.0304. The van der Waals surface area contributed by atoms with Gasteiger partial charge in [-0.05, 0) is 25.0 Å². The summed E-state index contributed by atoms with van der Waals surface area (Å²) >= 11 is 0. The van der Waals surface area contributed by atoms with E-state index in [0.29, 0.717) is 31.4 Å². The largest absolute Gasteiger partial charge is 0.486 e. The van der Waals surface area contributed by atoms with Gasteiger partial charge in [0.1, 0.15) is 13.2 Å². The SMILES string of the molecule is O=C(CCNC1CCCCCC1)Nc1ccc2c(c1)OCCO2. The summed E-state index contributed by atoms with van der Waals surface area (Å²) in [5.74, 6) is 1.47. The number of nitrogens with one attached hydrogen (secondary N) is 2. The van der Waals surface area contributed by atoms with E-state index >= 15 is 0 Å². The molecule has 0 bridgehead atoms. The summed E-state index contributed by atoms with van der Waals surface area (Å²) in [7, 11) is 0. The van der Waals surface area contributed by atoms with Crippen molar-refractivity contribution in [2.75, 3.05) is 25.1 Å². The van der Waals surface area contributed by atoms with E-state index in [0.717, 1.165) is 18.0 Å². The Morgan fingerprint density at radius 1 is 1.04 bits per heavy atom. The maximum atomic E-state index is 12.1. The van der Waals surface area contributed by atoms with Crippen LogP contribution >= 0.6 is 0 Å². The summed E-state index contributed by atoms with van der Waals surface area (Å²) in [5.41, 5.74) is 0.758. The predicted octanol–water partition coefficient (Wildman–Crippen LogP) is 3.10. The Morgan fingerprint density at radius 2 is 1.78 bits per heavy atom. The van der Waals surface area contributed by atoms with Gasteiger partial charge < -0.3 is 20.1 Å². The highest BCUT2D eigenvalue weighted by Gasteiger charge is 2.14. The van der Waals surface area contributed by atoms with Crippen LogP contribution in [0.15, 0.2) is 18.2 Å². The number of hydrogen-bond donors (Lipinski definition) is 2. The molecule has 1 aromatic carbocycles. The quantitative estimate of drug-likeness (QED) is 0.819. The van der Waals surface area contributed by atoms with E-state index in [1.54, 1.807) is 0 Å². The van der Waals surface area contributed by atoms with Crippen LogP contribution < -0.4 is 20.1 Å². The van der Waals surface area contributed by atoms with Crippen LogP contribution in [0, 0.1) is 0 Å². The first kappa shape index (κ1) is 16.1. The number of benzene rings is 1. The van der Waals surface area contributed by atoms with Crippen molar-refractivity contribution in [3.05, 3.63) is 18.2 Å². The Morgan fingerprint density at radius 3 is 2.57 bits per heavy atom. The second-order valence-corrected chi connectivity index (χ2v) is 6.30. The van der Waals surface area contributed by atoms with Gasteiger partial charge in [-0.1, -0.05) is 25.7 Å². The second-order valence-electron chi connectivity index (χ2n) is 6.30. The van der Waals surface area contributed by atoms with E-state index in [1.807, 2.05) is 18.2 Å². The number of hydrogen-bond acceptors (Lipinski definition) is 4. The first-order valence-corrected chi connectivity index (χ1v) is 8.74. The molecule has 3 rings (SSSR count). The molecule has 5 nitrogen and oxygen atoms in total. The second kappa shape index (κ2) is 8.20. The van der Waals surface area contributed by atoms with Crippen molar-refractivity contribution < 1.29 is 14.3 Å². The average molecular weight is 318 g/mol. The molecule has 2 N–H and O–H groups in total. The molecule has 1 amide bonds. The number of carbonyl (C=O) groups is 1. The highest BCUT2D eigenvalue weighted by atomic mass is 16.6. The molecule has 0 spiro atoms. The minimum atomic E-state index is 0.0304. The third-order valence-electron chi connectivity index (χ3n) is 4.47. The molecule has 23 heavy (non-hydrogen) atoms. The number of rotatable bonds is 5. The van der Waals surface area contributed by atoms with Gasteiger partial charge in [0.15, 0.2) is 11.5 Å². The fourth-order valence-electron chi connectivity index (χ4n) is 3.22. The third-order valence-corrected chi connectivity index (χ3v) is 4.47. The lowest BCUT2D eigenvalue weighted by Gasteiger charge is -2.19. The van der Waals surface area contributed by atoms with Gasteiger partial charge in [0.05, 0.1) is 0 Å². The normalized spacial score (nSPS) is 18.3. The molecule has 0 atom stereocenters. The summed E-state index contributed by atoms with van der Waals surface area (Å²) < 4.78 is 11.0. The molecule has 5 heteroatoms. The zero-order chi connectivity index (χ0) is 15.9. The predicted molar refractivity (Wildman–Crippen MR) is 90.2 cm³/mol. The average Bonchev–Trinajstić information content (AvgIpc) is 2.83. The molecule has 1 heterocycles. The third kappa shape index (κ3) is 4.86. The van der Waals surface area contributed by atoms with Crippen LogP contribution in [0.1, 0.15) is 44.9 Å². The number of ether oxygens (including phenoxy) is 2. The van der Waals surface area contributed by atoms with E-state index in [4.69, 9.17) is 9.47 Å². The van der Waals surface area contributed by atoms with E-state index in [9.17, 15) is 4.79 Å². The standard InChI is InChI=1S/C18H26N2O3/c21-18(9-10-19-14-5-3-1-2-4-6-14)20-15-7-8-16-17(13-15)23-12-11-22-16/h7-8,13-14,19H,1-6,9-12H2,(H,20,21). The molecule has 0 unspecified atom stereocenters. The lowest BCUT2D eigenvalue weighted by atomic mass is 10.1. The molecule has 0 saturated heterocycles. The van der Waals surface area contributed by atoms with Gasteiger partial charge in [0.25, 0.3) is 0 Å². The van der Waals surface area contributed by atoms with Gasteiger partial charge in [-0.15, -0.1) is 0 Å². The Hall–Kier alpha value is -1.75. The van der Waals surface area contributed by atoms with E-state index in [-0.39, 0.29) is 5.91 Å². The van der Waals surface area contributed by atoms with Gasteiger partial charge in [0, 0.05) is 30.8 Å². The maximum absolute atomic E-state index is 12.1. The van der Waals surface area contributed by atoms with Crippen molar-refractivity contribution >= 4 is 11.6 Å². The molecular weight excluding hydrogens is 292 g/mol. The highest BCUT2D eigenvalue weighted by Crippen LogP contribution is 2.32. The Bertz CT molecular complexity index is 525. The molecule has 1 saturated carbocycles. The Kier molecular flexibility index (Phi) is 5.75. The molecule has 1 aliphatic carbocycles. The van der Waals surface area contributed by atoms with E-state index < -0.39 is 0 Å². The smallest absolute Gasteiger partial charge is 0.225 e. The lowest BCUT2D eigenvalue weighted by molar-refractivity contribution is -0.116. The summed E-state index contributed by atoms with van der Waals surface area (Å²) in [6.45, 7) is 1.86. The van der Waals surface area contributed by atoms with Crippen molar-refractivity contribution in [1.29, 1.82) is 0 Å². The van der Waals surface area contributed by atoms with E-state index in [1.165, 1.54) is 38.5 Å². The van der Waals surface area contributed by atoms with Crippen LogP contribution in [0.3, 0.4) is 0 Å². The summed E-state index contributed by atoms with van der Waals surface area (Å²) in [4.78, 5) is 12.1. The summed E-state index contributed by atoms with van der Waals surface area (Å²) in [6, 6.07) is 6.10. The Balaban J connectivity index is 1.42. The van der Waals surface area contributed by atoms with Crippen LogP contribution in [0.4, 0.5) is 5.69 Å².